The van der Waals surface area contributed by atoms with Crippen molar-refractivity contribution in [2.24, 2.45) is 0 Å². The number of hydrogen-bond acceptors (Lipinski definition) is 4. The predicted octanol–water partition coefficient (Wildman–Crippen LogP) is 3.64. The van der Waals surface area contributed by atoms with Crippen molar-refractivity contribution in [1.82, 2.24) is 19.9 Å². The lowest BCUT2D eigenvalue weighted by Gasteiger charge is -2.04. The highest BCUT2D eigenvalue weighted by Gasteiger charge is 2.10. The molecule has 2 aromatic heterocycles. The molecule has 4 aromatic rings. The number of anilines is 2. The van der Waals surface area contributed by atoms with Crippen LogP contribution in [0.3, 0.4) is 0 Å². The van der Waals surface area contributed by atoms with Crippen molar-refractivity contribution in [3.05, 3.63) is 78.1 Å². The molecule has 0 aliphatic rings. The minimum Gasteiger partial charge on any atom is -0.355 e. The Morgan fingerprint density at radius 3 is 2.56 bits per heavy atom. The third kappa shape index (κ3) is 3.35. The molecular weight excluding hydrogens is 345 g/mol. The number of fused-ring (bicyclic) bond motifs is 1. The van der Waals surface area contributed by atoms with Gasteiger partial charge in [-0.15, -0.1) is 5.10 Å². The number of hydrogen-bond donors (Lipinski definition) is 2. The summed E-state index contributed by atoms with van der Waals surface area (Å²) in [6.07, 6.45) is 0. The molecule has 0 unspecified atom stereocenters. The van der Waals surface area contributed by atoms with E-state index < -0.39 is 0 Å². The summed E-state index contributed by atoms with van der Waals surface area (Å²) in [6, 6.07) is 18.9. The molecule has 4 rings (SSSR count). The summed E-state index contributed by atoms with van der Waals surface area (Å²) >= 11 is 0. The number of halogens is 1. The second kappa shape index (κ2) is 6.87. The monoisotopic (exact) mass is 361 g/mol. The minimum absolute atomic E-state index is 0.146. The smallest absolute Gasteiger partial charge is 0.251 e. The van der Waals surface area contributed by atoms with E-state index in [1.165, 1.54) is 12.1 Å². The van der Waals surface area contributed by atoms with Crippen LogP contribution in [-0.4, -0.2) is 27.6 Å². The Hall–Kier alpha value is -3.74. The van der Waals surface area contributed by atoms with Crippen molar-refractivity contribution in [2.45, 2.75) is 0 Å². The molecule has 0 aliphatic heterocycles. The topological polar surface area (TPSA) is 71.3 Å². The number of nitrogens with one attached hydrogen (secondary N) is 2. The first-order valence-electron chi connectivity index (χ1n) is 8.35. The largest absolute Gasteiger partial charge is 0.355 e. The molecule has 0 saturated heterocycles. The molecule has 1 amide bonds. The Labute approximate surface area is 154 Å². The fourth-order valence-electron chi connectivity index (χ4n) is 2.80. The van der Waals surface area contributed by atoms with Crippen LogP contribution in [0.2, 0.25) is 0 Å². The van der Waals surface area contributed by atoms with E-state index in [0.717, 1.165) is 11.4 Å². The van der Waals surface area contributed by atoms with Gasteiger partial charge in [0.2, 0.25) is 5.95 Å². The molecule has 2 aromatic carbocycles. The first-order valence-corrected chi connectivity index (χ1v) is 8.35. The van der Waals surface area contributed by atoms with Gasteiger partial charge in [-0.25, -0.2) is 8.91 Å². The average Bonchev–Trinajstić information content (AvgIpc) is 3.10. The van der Waals surface area contributed by atoms with Gasteiger partial charge >= 0.3 is 0 Å². The average molecular weight is 361 g/mol. The molecule has 0 atom stereocenters. The fourth-order valence-corrected chi connectivity index (χ4v) is 2.80. The second-order valence-electron chi connectivity index (χ2n) is 5.91. The van der Waals surface area contributed by atoms with Crippen molar-refractivity contribution in [3.63, 3.8) is 0 Å². The summed E-state index contributed by atoms with van der Waals surface area (Å²) in [6.45, 7) is 0. The highest BCUT2D eigenvalue weighted by molar-refractivity contribution is 5.94. The number of carbonyl (C=O) groups is 1. The maximum absolute atomic E-state index is 13.6. The Balaban J connectivity index is 1.66. The molecule has 6 nitrogen and oxygen atoms in total. The SMILES string of the molecule is CNC(=O)c1ccc(Nc2nc3cccc(-c4cccc(F)c4)n3n2)cc1. The van der Waals surface area contributed by atoms with Crippen molar-refractivity contribution >= 4 is 23.2 Å². The number of aromatic nitrogens is 3. The zero-order valence-electron chi connectivity index (χ0n) is 14.5. The van der Waals surface area contributed by atoms with Crippen LogP contribution in [0, 0.1) is 5.82 Å². The molecule has 0 saturated carbocycles. The van der Waals surface area contributed by atoms with Gasteiger partial charge in [0.05, 0.1) is 5.69 Å². The Morgan fingerprint density at radius 1 is 1.04 bits per heavy atom. The van der Waals surface area contributed by atoms with Gasteiger partial charge in [-0.05, 0) is 48.5 Å². The molecule has 0 fully saturated rings. The number of rotatable bonds is 4. The van der Waals surface area contributed by atoms with E-state index in [2.05, 4.69) is 20.7 Å². The summed E-state index contributed by atoms with van der Waals surface area (Å²) in [5.74, 6) is -0.0436. The first kappa shape index (κ1) is 16.7. The molecule has 2 N–H and O–H groups in total. The molecular formula is C20H16FN5O. The number of carbonyl (C=O) groups excluding carboxylic acids is 1. The maximum Gasteiger partial charge on any atom is 0.251 e. The molecule has 27 heavy (non-hydrogen) atoms. The zero-order chi connectivity index (χ0) is 18.8. The third-order valence-corrected chi connectivity index (χ3v) is 4.11. The van der Waals surface area contributed by atoms with Gasteiger partial charge in [-0.1, -0.05) is 18.2 Å². The number of amides is 1. The first-order chi connectivity index (χ1) is 13.1. The van der Waals surface area contributed by atoms with E-state index >= 15 is 0 Å². The number of pyridine rings is 1. The summed E-state index contributed by atoms with van der Waals surface area (Å²) in [5.41, 5.74) is 3.42. The van der Waals surface area contributed by atoms with E-state index in [4.69, 9.17) is 0 Å². The highest BCUT2D eigenvalue weighted by Crippen LogP contribution is 2.22. The predicted molar refractivity (Wildman–Crippen MR) is 101 cm³/mol. The Kier molecular flexibility index (Phi) is 4.25. The van der Waals surface area contributed by atoms with Gasteiger partial charge in [0, 0.05) is 23.9 Å². The zero-order valence-corrected chi connectivity index (χ0v) is 14.5. The summed E-state index contributed by atoms with van der Waals surface area (Å²) in [5, 5.41) is 10.2. The van der Waals surface area contributed by atoms with Crippen molar-refractivity contribution in [3.8, 4) is 11.3 Å². The van der Waals surface area contributed by atoms with Crippen LogP contribution in [0.5, 0.6) is 0 Å². The lowest BCUT2D eigenvalue weighted by Crippen LogP contribution is -2.17. The van der Waals surface area contributed by atoms with Crippen molar-refractivity contribution in [1.29, 1.82) is 0 Å². The third-order valence-electron chi connectivity index (χ3n) is 4.11. The van der Waals surface area contributed by atoms with Gasteiger partial charge < -0.3 is 10.6 Å². The normalized spacial score (nSPS) is 10.7. The van der Waals surface area contributed by atoms with Gasteiger partial charge in [-0.3, -0.25) is 4.79 Å². The quantitative estimate of drug-likeness (QED) is 0.582. The number of nitrogens with zero attached hydrogens (tertiary/aromatic N) is 3. The van der Waals surface area contributed by atoms with Crippen molar-refractivity contribution in [2.75, 3.05) is 12.4 Å². The molecule has 0 bridgehead atoms. The molecule has 2 heterocycles. The van der Waals surface area contributed by atoms with Crippen LogP contribution in [0.15, 0.2) is 66.7 Å². The molecule has 0 radical (unpaired) electrons. The Morgan fingerprint density at radius 2 is 1.81 bits per heavy atom. The van der Waals surface area contributed by atoms with E-state index in [9.17, 15) is 9.18 Å². The standard InChI is InChI=1S/C20H16FN5O/c1-22-19(27)13-8-10-16(11-9-13)23-20-24-18-7-3-6-17(26(18)25-20)14-4-2-5-15(21)12-14/h2-12H,1H3,(H,22,27)(H,23,25). The molecule has 0 aliphatic carbocycles. The summed E-state index contributed by atoms with van der Waals surface area (Å²) in [7, 11) is 1.59. The summed E-state index contributed by atoms with van der Waals surface area (Å²) < 4.78 is 15.2. The van der Waals surface area contributed by atoms with E-state index in [1.54, 1.807) is 41.9 Å². The Bertz CT molecular complexity index is 1120. The van der Waals surface area contributed by atoms with Crippen LogP contribution in [0.4, 0.5) is 16.0 Å². The van der Waals surface area contributed by atoms with Crippen molar-refractivity contribution < 1.29 is 9.18 Å². The fraction of sp³-hybridized carbons (Fsp3) is 0.0500. The molecule has 0 spiro atoms. The lowest BCUT2D eigenvalue weighted by molar-refractivity contribution is 0.0963. The van der Waals surface area contributed by atoms with E-state index in [-0.39, 0.29) is 11.7 Å². The van der Waals surface area contributed by atoms with Gasteiger partial charge in [-0.2, -0.15) is 4.98 Å². The summed E-state index contributed by atoms with van der Waals surface area (Å²) in [4.78, 5) is 16.1. The van der Waals surface area contributed by atoms with Gasteiger partial charge in [0.1, 0.15) is 5.82 Å². The highest BCUT2D eigenvalue weighted by atomic mass is 19.1. The van der Waals surface area contributed by atoms with Gasteiger partial charge in [0.25, 0.3) is 5.91 Å². The van der Waals surface area contributed by atoms with E-state index in [0.29, 0.717) is 22.7 Å². The van der Waals surface area contributed by atoms with Crippen LogP contribution in [-0.2, 0) is 0 Å². The minimum atomic E-state index is -0.306. The maximum atomic E-state index is 13.6. The number of benzene rings is 2. The lowest BCUT2D eigenvalue weighted by atomic mass is 10.1. The molecule has 7 heteroatoms. The second-order valence-corrected chi connectivity index (χ2v) is 5.91. The van der Waals surface area contributed by atoms with Crippen LogP contribution in [0.25, 0.3) is 16.9 Å². The van der Waals surface area contributed by atoms with Gasteiger partial charge in [0.15, 0.2) is 5.65 Å². The van der Waals surface area contributed by atoms with E-state index in [1.807, 2.05) is 24.3 Å². The molecule has 134 valence electrons. The van der Waals surface area contributed by atoms with Crippen LogP contribution < -0.4 is 10.6 Å². The van der Waals surface area contributed by atoms with Crippen LogP contribution in [0.1, 0.15) is 10.4 Å². The van der Waals surface area contributed by atoms with Crippen LogP contribution >= 0.6 is 0 Å².